The van der Waals surface area contributed by atoms with Crippen molar-refractivity contribution in [2.45, 2.75) is 46.5 Å². The van der Waals surface area contributed by atoms with Crippen LogP contribution in [0.4, 0.5) is 27.7 Å². The highest BCUT2D eigenvalue weighted by Crippen LogP contribution is 2.33. The average molecular weight is 438 g/mol. The highest BCUT2D eigenvalue weighted by Gasteiger charge is 2.24. The van der Waals surface area contributed by atoms with E-state index in [9.17, 15) is 9.18 Å². The van der Waals surface area contributed by atoms with Crippen molar-refractivity contribution in [3.05, 3.63) is 52.6 Å². The van der Waals surface area contributed by atoms with Crippen LogP contribution < -0.4 is 10.6 Å². The van der Waals surface area contributed by atoms with Gasteiger partial charge in [0.1, 0.15) is 11.6 Å². The second kappa shape index (κ2) is 8.94. The Morgan fingerprint density at radius 1 is 1.12 bits per heavy atom. The predicted octanol–water partition coefficient (Wildman–Crippen LogP) is 4.48. The first-order valence-corrected chi connectivity index (χ1v) is 10.8. The van der Waals surface area contributed by atoms with Gasteiger partial charge in [0.25, 0.3) is 0 Å². The van der Waals surface area contributed by atoms with Crippen LogP contribution in [0.5, 0.6) is 0 Å². The number of hydrogen-bond donors (Lipinski definition) is 3. The minimum absolute atomic E-state index is 0.0975. The summed E-state index contributed by atoms with van der Waals surface area (Å²) in [5, 5.41) is 13.2. The van der Waals surface area contributed by atoms with Gasteiger partial charge < -0.3 is 15.5 Å². The van der Waals surface area contributed by atoms with E-state index in [4.69, 9.17) is 0 Å². The minimum atomic E-state index is -0.346. The van der Waals surface area contributed by atoms with Crippen molar-refractivity contribution in [2.24, 2.45) is 0 Å². The Morgan fingerprint density at radius 2 is 1.88 bits per heavy atom. The SMILES string of the molecule is CC(=O)N1CCC(c2cc(F)c(Nc3ncc(C)c(Nc4cc(C)[nH]n4)n3)cc2C)CC1. The van der Waals surface area contributed by atoms with Crippen LogP contribution in [0.3, 0.4) is 0 Å². The zero-order valence-electron chi connectivity index (χ0n) is 18.8. The highest BCUT2D eigenvalue weighted by molar-refractivity contribution is 5.73. The highest BCUT2D eigenvalue weighted by atomic mass is 19.1. The summed E-state index contributed by atoms with van der Waals surface area (Å²) in [4.78, 5) is 22.2. The minimum Gasteiger partial charge on any atom is -0.343 e. The van der Waals surface area contributed by atoms with Crippen molar-refractivity contribution >= 4 is 29.2 Å². The molecular formula is C23H28FN7O. The number of aromatic nitrogens is 4. The molecule has 0 unspecified atom stereocenters. The van der Waals surface area contributed by atoms with E-state index in [0.717, 1.165) is 35.2 Å². The molecule has 168 valence electrons. The maximum atomic E-state index is 15.0. The van der Waals surface area contributed by atoms with Gasteiger partial charge in [-0.15, -0.1) is 0 Å². The number of nitrogens with zero attached hydrogens (tertiary/aromatic N) is 4. The molecule has 0 bridgehead atoms. The van der Waals surface area contributed by atoms with Gasteiger partial charge in [0.15, 0.2) is 5.82 Å². The van der Waals surface area contributed by atoms with Crippen LogP contribution in [0.2, 0.25) is 0 Å². The Bertz CT molecular complexity index is 1140. The number of aryl methyl sites for hydroxylation is 3. The van der Waals surface area contributed by atoms with E-state index in [2.05, 4.69) is 30.8 Å². The van der Waals surface area contributed by atoms with E-state index in [1.165, 1.54) is 0 Å². The zero-order chi connectivity index (χ0) is 22.8. The molecule has 0 atom stereocenters. The molecule has 1 aliphatic rings. The number of hydrogen-bond acceptors (Lipinski definition) is 6. The number of nitrogens with one attached hydrogen (secondary N) is 3. The molecular weight excluding hydrogens is 409 g/mol. The molecule has 3 aromatic rings. The van der Waals surface area contributed by atoms with E-state index in [0.29, 0.717) is 36.4 Å². The number of rotatable bonds is 5. The molecule has 1 aliphatic heterocycles. The maximum Gasteiger partial charge on any atom is 0.229 e. The van der Waals surface area contributed by atoms with Gasteiger partial charge in [-0.3, -0.25) is 9.89 Å². The van der Waals surface area contributed by atoms with Crippen LogP contribution >= 0.6 is 0 Å². The number of anilines is 4. The van der Waals surface area contributed by atoms with Crippen molar-refractivity contribution in [1.29, 1.82) is 0 Å². The summed E-state index contributed by atoms with van der Waals surface area (Å²) in [5.74, 6) is 1.54. The lowest BCUT2D eigenvalue weighted by atomic mass is 9.86. The van der Waals surface area contributed by atoms with Crippen molar-refractivity contribution in [2.75, 3.05) is 23.7 Å². The Morgan fingerprint density at radius 3 is 2.53 bits per heavy atom. The van der Waals surface area contributed by atoms with Crippen LogP contribution in [0.15, 0.2) is 24.4 Å². The molecule has 0 saturated carbocycles. The van der Waals surface area contributed by atoms with Gasteiger partial charge >= 0.3 is 0 Å². The molecule has 1 amide bonds. The van der Waals surface area contributed by atoms with Gasteiger partial charge in [0, 0.05) is 43.5 Å². The van der Waals surface area contributed by atoms with Crippen molar-refractivity contribution in [1.82, 2.24) is 25.1 Å². The molecule has 1 saturated heterocycles. The van der Waals surface area contributed by atoms with Crippen LogP contribution in [-0.4, -0.2) is 44.1 Å². The quantitative estimate of drug-likeness (QED) is 0.544. The molecule has 1 fully saturated rings. The largest absolute Gasteiger partial charge is 0.343 e. The number of benzene rings is 1. The van der Waals surface area contributed by atoms with Gasteiger partial charge in [-0.2, -0.15) is 10.1 Å². The normalized spacial score (nSPS) is 14.5. The number of likely N-dealkylation sites (tertiary alicyclic amines) is 1. The van der Waals surface area contributed by atoms with Gasteiger partial charge in [0.2, 0.25) is 11.9 Å². The summed E-state index contributed by atoms with van der Waals surface area (Å²) in [6.45, 7) is 8.81. The summed E-state index contributed by atoms with van der Waals surface area (Å²) in [5.41, 5.74) is 4.12. The molecule has 8 nitrogen and oxygen atoms in total. The summed E-state index contributed by atoms with van der Waals surface area (Å²) in [6, 6.07) is 5.28. The third kappa shape index (κ3) is 4.71. The molecule has 4 rings (SSSR count). The maximum absolute atomic E-state index is 15.0. The lowest BCUT2D eigenvalue weighted by Crippen LogP contribution is -2.36. The molecule has 3 heterocycles. The topological polar surface area (TPSA) is 98.8 Å². The van der Waals surface area contributed by atoms with Gasteiger partial charge in [0.05, 0.1) is 5.69 Å². The molecule has 0 aliphatic carbocycles. The van der Waals surface area contributed by atoms with Crippen molar-refractivity contribution in [3.63, 3.8) is 0 Å². The number of halogens is 1. The first-order chi connectivity index (χ1) is 15.3. The first-order valence-electron chi connectivity index (χ1n) is 10.8. The van der Waals surface area contributed by atoms with Crippen molar-refractivity contribution in [3.8, 4) is 0 Å². The molecule has 3 N–H and O–H groups in total. The molecule has 32 heavy (non-hydrogen) atoms. The molecule has 0 radical (unpaired) electrons. The van der Waals surface area contributed by atoms with Gasteiger partial charge in [-0.25, -0.2) is 9.37 Å². The molecule has 2 aromatic heterocycles. The summed E-state index contributed by atoms with van der Waals surface area (Å²) >= 11 is 0. The lowest BCUT2D eigenvalue weighted by molar-refractivity contribution is -0.129. The monoisotopic (exact) mass is 437 g/mol. The average Bonchev–Trinajstić information content (AvgIpc) is 3.17. The Kier molecular flexibility index (Phi) is 6.07. The number of carbonyl (C=O) groups excluding carboxylic acids is 1. The summed E-state index contributed by atoms with van der Waals surface area (Å²) in [6.07, 6.45) is 3.36. The fraction of sp³-hybridized carbons (Fsp3) is 0.391. The first kappa shape index (κ1) is 21.7. The van der Waals surface area contributed by atoms with E-state index < -0.39 is 0 Å². The van der Waals surface area contributed by atoms with E-state index in [1.54, 1.807) is 25.3 Å². The molecule has 0 spiro atoms. The third-order valence-electron chi connectivity index (χ3n) is 5.91. The van der Waals surface area contributed by atoms with E-state index >= 15 is 0 Å². The number of H-pyrrole nitrogens is 1. The van der Waals surface area contributed by atoms with Crippen LogP contribution in [-0.2, 0) is 4.79 Å². The van der Waals surface area contributed by atoms with Crippen LogP contribution in [0.25, 0.3) is 0 Å². The fourth-order valence-corrected chi connectivity index (χ4v) is 4.09. The second-order valence-corrected chi connectivity index (χ2v) is 8.38. The predicted molar refractivity (Wildman–Crippen MR) is 122 cm³/mol. The van der Waals surface area contributed by atoms with Gasteiger partial charge in [-0.1, -0.05) is 0 Å². The van der Waals surface area contributed by atoms with Crippen LogP contribution in [0.1, 0.15) is 48.1 Å². The Labute approximate surface area is 186 Å². The Hall–Kier alpha value is -3.49. The Balaban J connectivity index is 1.51. The van der Waals surface area contributed by atoms with Crippen LogP contribution in [0, 0.1) is 26.6 Å². The number of carbonyl (C=O) groups is 1. The van der Waals surface area contributed by atoms with E-state index in [1.807, 2.05) is 31.7 Å². The van der Waals surface area contributed by atoms with Crippen molar-refractivity contribution < 1.29 is 9.18 Å². The summed E-state index contributed by atoms with van der Waals surface area (Å²) < 4.78 is 15.0. The number of amides is 1. The molecule has 9 heteroatoms. The number of aromatic amines is 1. The fourth-order valence-electron chi connectivity index (χ4n) is 4.09. The lowest BCUT2D eigenvalue weighted by Gasteiger charge is -2.32. The summed E-state index contributed by atoms with van der Waals surface area (Å²) in [7, 11) is 0. The van der Waals surface area contributed by atoms with E-state index in [-0.39, 0.29) is 17.6 Å². The molecule has 1 aromatic carbocycles. The third-order valence-corrected chi connectivity index (χ3v) is 5.91. The number of piperidine rings is 1. The zero-order valence-corrected chi connectivity index (χ0v) is 18.8. The standard InChI is InChI=1S/C23H28FN7O/c1-13-9-20(19(24)11-18(13)17-5-7-31(8-6-17)16(4)32)26-23-25-12-14(2)22(28-23)27-21-10-15(3)29-30-21/h9-12,17H,5-8H2,1-4H3,(H3,25,26,27,28,29,30). The smallest absolute Gasteiger partial charge is 0.229 e. The second-order valence-electron chi connectivity index (χ2n) is 8.38. The van der Waals surface area contributed by atoms with Gasteiger partial charge in [-0.05, 0) is 62.8 Å².